The minimum Gasteiger partial charge on any atom is -0.340 e. The summed E-state index contributed by atoms with van der Waals surface area (Å²) >= 11 is 0. The van der Waals surface area contributed by atoms with Crippen molar-refractivity contribution < 1.29 is 9.18 Å². The Kier molecular flexibility index (Phi) is 4.63. The first kappa shape index (κ1) is 13.6. The number of carbonyl (C=O) groups excluding carboxylic acids is 1. The minimum absolute atomic E-state index is 0.0932. The molecular weight excluding hydrogens is 219 g/mol. The van der Waals surface area contributed by atoms with Crippen molar-refractivity contribution in [1.82, 2.24) is 4.90 Å². The zero-order valence-corrected chi connectivity index (χ0v) is 10.5. The quantitative estimate of drug-likeness (QED) is 0.869. The van der Waals surface area contributed by atoms with Gasteiger partial charge in [-0.05, 0) is 23.6 Å². The van der Waals surface area contributed by atoms with Crippen molar-refractivity contribution in [2.45, 2.75) is 26.4 Å². The molecule has 2 N–H and O–H groups in total. The predicted molar refractivity (Wildman–Crippen MR) is 65.7 cm³/mol. The molecule has 0 fully saturated rings. The number of benzene rings is 1. The minimum atomic E-state index is -0.486. The van der Waals surface area contributed by atoms with Gasteiger partial charge in [0.05, 0.1) is 6.04 Å². The molecule has 4 heteroatoms. The zero-order valence-electron chi connectivity index (χ0n) is 10.5. The highest BCUT2D eigenvalue weighted by Crippen LogP contribution is 2.08. The van der Waals surface area contributed by atoms with Crippen molar-refractivity contribution in [3.63, 3.8) is 0 Å². The summed E-state index contributed by atoms with van der Waals surface area (Å²) in [4.78, 5) is 13.4. The maximum Gasteiger partial charge on any atom is 0.239 e. The molecule has 0 bridgehead atoms. The van der Waals surface area contributed by atoms with Crippen LogP contribution in [0.15, 0.2) is 24.3 Å². The second-order valence-corrected chi connectivity index (χ2v) is 4.59. The summed E-state index contributed by atoms with van der Waals surface area (Å²) in [5.41, 5.74) is 6.67. The SMILES string of the molecule is CC(C)C(N)C(=O)N(C)Cc1ccc(F)cc1. The Labute approximate surface area is 101 Å². The molecule has 94 valence electrons. The average molecular weight is 238 g/mol. The van der Waals surface area contributed by atoms with Crippen LogP contribution in [-0.4, -0.2) is 23.9 Å². The van der Waals surface area contributed by atoms with Gasteiger partial charge in [-0.25, -0.2) is 4.39 Å². The molecule has 3 nitrogen and oxygen atoms in total. The number of amides is 1. The normalized spacial score (nSPS) is 12.6. The third-order valence-corrected chi connectivity index (χ3v) is 2.71. The molecule has 1 aromatic rings. The highest BCUT2D eigenvalue weighted by molar-refractivity contribution is 5.81. The van der Waals surface area contributed by atoms with Gasteiger partial charge in [0.25, 0.3) is 0 Å². The fourth-order valence-corrected chi connectivity index (χ4v) is 1.48. The molecule has 1 unspecified atom stereocenters. The van der Waals surface area contributed by atoms with Crippen molar-refractivity contribution >= 4 is 5.91 Å². The van der Waals surface area contributed by atoms with Crippen LogP contribution in [0.4, 0.5) is 4.39 Å². The molecule has 1 rings (SSSR count). The number of carbonyl (C=O) groups is 1. The van der Waals surface area contributed by atoms with E-state index < -0.39 is 6.04 Å². The first-order valence-corrected chi connectivity index (χ1v) is 5.67. The van der Waals surface area contributed by atoms with Crippen LogP contribution < -0.4 is 5.73 Å². The van der Waals surface area contributed by atoms with Crippen LogP contribution >= 0.6 is 0 Å². The number of likely N-dealkylation sites (N-methyl/N-ethyl adjacent to an activating group) is 1. The van der Waals surface area contributed by atoms with Crippen LogP contribution in [-0.2, 0) is 11.3 Å². The monoisotopic (exact) mass is 238 g/mol. The lowest BCUT2D eigenvalue weighted by Crippen LogP contribution is -2.44. The van der Waals surface area contributed by atoms with Crippen molar-refractivity contribution in [3.8, 4) is 0 Å². The van der Waals surface area contributed by atoms with Crippen molar-refractivity contribution in [1.29, 1.82) is 0 Å². The van der Waals surface area contributed by atoms with E-state index in [9.17, 15) is 9.18 Å². The largest absolute Gasteiger partial charge is 0.340 e. The van der Waals surface area contributed by atoms with E-state index in [1.165, 1.54) is 12.1 Å². The van der Waals surface area contributed by atoms with E-state index in [1.807, 2.05) is 13.8 Å². The van der Waals surface area contributed by atoms with Crippen LogP contribution in [0.25, 0.3) is 0 Å². The van der Waals surface area contributed by atoms with E-state index in [4.69, 9.17) is 5.73 Å². The number of nitrogens with two attached hydrogens (primary N) is 1. The van der Waals surface area contributed by atoms with Crippen LogP contribution in [0.2, 0.25) is 0 Å². The van der Waals surface area contributed by atoms with Gasteiger partial charge in [0, 0.05) is 13.6 Å². The Hall–Kier alpha value is -1.42. The molecule has 17 heavy (non-hydrogen) atoms. The smallest absolute Gasteiger partial charge is 0.239 e. The summed E-state index contributed by atoms with van der Waals surface area (Å²) in [5.74, 6) is -0.260. The van der Waals surface area contributed by atoms with Crippen LogP contribution in [0.3, 0.4) is 0 Å². The van der Waals surface area contributed by atoms with Crippen LogP contribution in [0.1, 0.15) is 19.4 Å². The number of halogens is 1. The van der Waals surface area contributed by atoms with Crippen LogP contribution in [0.5, 0.6) is 0 Å². The molecule has 0 saturated heterocycles. The van der Waals surface area contributed by atoms with E-state index in [0.29, 0.717) is 6.54 Å². The highest BCUT2D eigenvalue weighted by Gasteiger charge is 2.20. The Morgan fingerprint density at radius 2 is 1.88 bits per heavy atom. The topological polar surface area (TPSA) is 46.3 Å². The maximum absolute atomic E-state index is 12.7. The lowest BCUT2D eigenvalue weighted by atomic mass is 10.0. The van der Waals surface area contributed by atoms with Crippen LogP contribution in [0, 0.1) is 11.7 Å². The molecule has 1 amide bonds. The van der Waals surface area contributed by atoms with E-state index in [0.717, 1.165) is 5.56 Å². The standard InChI is InChI=1S/C13H19FN2O/c1-9(2)12(15)13(17)16(3)8-10-4-6-11(14)7-5-10/h4-7,9,12H,8,15H2,1-3H3. The number of rotatable bonds is 4. The van der Waals surface area contributed by atoms with Crippen molar-refractivity contribution in [3.05, 3.63) is 35.6 Å². The van der Waals surface area contributed by atoms with Gasteiger partial charge in [-0.15, -0.1) is 0 Å². The number of hydrogen-bond acceptors (Lipinski definition) is 2. The third-order valence-electron chi connectivity index (χ3n) is 2.71. The summed E-state index contributed by atoms with van der Waals surface area (Å²) in [6.07, 6.45) is 0. The van der Waals surface area contributed by atoms with Gasteiger partial charge in [-0.1, -0.05) is 26.0 Å². The first-order valence-electron chi connectivity index (χ1n) is 5.67. The summed E-state index contributed by atoms with van der Waals surface area (Å²) in [6.45, 7) is 4.27. The Morgan fingerprint density at radius 1 is 1.35 bits per heavy atom. The van der Waals surface area contributed by atoms with Gasteiger partial charge < -0.3 is 10.6 Å². The molecule has 0 radical (unpaired) electrons. The molecule has 0 aliphatic heterocycles. The average Bonchev–Trinajstić information content (AvgIpc) is 2.30. The second kappa shape index (κ2) is 5.77. The van der Waals surface area contributed by atoms with Gasteiger partial charge >= 0.3 is 0 Å². The Bertz CT molecular complexity index is 376. The third kappa shape index (κ3) is 3.82. The van der Waals surface area contributed by atoms with Gasteiger partial charge in [0.2, 0.25) is 5.91 Å². The molecule has 0 spiro atoms. The van der Waals surface area contributed by atoms with E-state index in [2.05, 4.69) is 0 Å². The molecule has 0 aromatic heterocycles. The molecular formula is C13H19FN2O. The fourth-order valence-electron chi connectivity index (χ4n) is 1.48. The van der Waals surface area contributed by atoms with Gasteiger partial charge in [-0.2, -0.15) is 0 Å². The van der Waals surface area contributed by atoms with Crippen molar-refractivity contribution in [2.24, 2.45) is 11.7 Å². The summed E-state index contributed by atoms with van der Waals surface area (Å²) in [6, 6.07) is 5.62. The molecule has 1 atom stereocenters. The van der Waals surface area contributed by atoms with E-state index in [-0.39, 0.29) is 17.6 Å². The first-order chi connectivity index (χ1) is 7.91. The molecule has 0 heterocycles. The van der Waals surface area contributed by atoms with Crippen molar-refractivity contribution in [2.75, 3.05) is 7.05 Å². The maximum atomic E-state index is 12.7. The Balaban J connectivity index is 2.63. The lowest BCUT2D eigenvalue weighted by Gasteiger charge is -2.23. The van der Waals surface area contributed by atoms with E-state index >= 15 is 0 Å². The molecule has 0 aliphatic rings. The zero-order chi connectivity index (χ0) is 13.0. The number of hydrogen-bond donors (Lipinski definition) is 1. The summed E-state index contributed by atoms with van der Waals surface area (Å²) in [7, 11) is 1.70. The van der Waals surface area contributed by atoms with Gasteiger partial charge in [0.1, 0.15) is 5.82 Å². The highest BCUT2D eigenvalue weighted by atomic mass is 19.1. The number of nitrogens with zero attached hydrogens (tertiary/aromatic N) is 1. The lowest BCUT2D eigenvalue weighted by molar-refractivity contribution is -0.132. The molecule has 0 aliphatic carbocycles. The van der Waals surface area contributed by atoms with Gasteiger partial charge in [-0.3, -0.25) is 4.79 Å². The molecule has 1 aromatic carbocycles. The fraction of sp³-hybridized carbons (Fsp3) is 0.462. The second-order valence-electron chi connectivity index (χ2n) is 4.59. The molecule has 0 saturated carbocycles. The summed E-state index contributed by atoms with van der Waals surface area (Å²) in [5, 5.41) is 0. The van der Waals surface area contributed by atoms with E-state index in [1.54, 1.807) is 24.1 Å². The van der Waals surface area contributed by atoms with Gasteiger partial charge in [0.15, 0.2) is 0 Å². The Morgan fingerprint density at radius 3 is 2.35 bits per heavy atom. The predicted octanol–water partition coefficient (Wildman–Crippen LogP) is 1.77. The summed E-state index contributed by atoms with van der Waals surface area (Å²) < 4.78 is 12.7.